The van der Waals surface area contributed by atoms with Gasteiger partial charge in [0, 0.05) is 30.2 Å². The van der Waals surface area contributed by atoms with E-state index in [1.165, 1.54) is 0 Å². The highest BCUT2D eigenvalue weighted by Gasteiger charge is 2.12. The Morgan fingerprint density at radius 2 is 2.18 bits per heavy atom. The van der Waals surface area contributed by atoms with Crippen LogP contribution in [0.4, 0.5) is 0 Å². The molecule has 0 aromatic heterocycles. The molecule has 0 saturated carbocycles. The summed E-state index contributed by atoms with van der Waals surface area (Å²) in [7, 11) is 1.66. The molecule has 1 aliphatic heterocycles. The van der Waals surface area contributed by atoms with Gasteiger partial charge in [0.2, 0.25) is 0 Å². The van der Waals surface area contributed by atoms with Gasteiger partial charge in [-0.05, 0) is 12.1 Å². The number of methoxy groups -OCH3 is 1. The topological polar surface area (TPSA) is 33.7 Å². The molecule has 0 radical (unpaired) electrons. The zero-order chi connectivity index (χ0) is 12.1. The largest absolute Gasteiger partial charge is 0.496 e. The van der Waals surface area contributed by atoms with E-state index in [1.54, 1.807) is 7.11 Å². The van der Waals surface area contributed by atoms with E-state index < -0.39 is 0 Å². The fourth-order valence-corrected chi connectivity index (χ4v) is 2.05. The number of hydrogen-bond acceptors (Lipinski definition) is 4. The summed E-state index contributed by atoms with van der Waals surface area (Å²) >= 11 is 6.16. The molecular weight excluding hydrogens is 240 g/mol. The Labute approximate surface area is 106 Å². The van der Waals surface area contributed by atoms with Gasteiger partial charge in [-0.3, -0.25) is 5.43 Å². The minimum Gasteiger partial charge on any atom is -0.496 e. The Morgan fingerprint density at radius 1 is 1.41 bits per heavy atom. The maximum absolute atomic E-state index is 6.16. The van der Waals surface area contributed by atoms with Gasteiger partial charge >= 0.3 is 0 Å². The lowest BCUT2D eigenvalue weighted by Gasteiger charge is -2.27. The summed E-state index contributed by atoms with van der Waals surface area (Å²) in [4.78, 5) is 0. The van der Waals surface area contributed by atoms with Crippen LogP contribution in [0.3, 0.4) is 0 Å². The zero-order valence-electron chi connectivity index (χ0n) is 9.91. The third-order valence-electron chi connectivity index (χ3n) is 2.79. The Balaban J connectivity index is 1.97. The average Bonchev–Trinajstić information content (AvgIpc) is 2.38. The van der Waals surface area contributed by atoms with Gasteiger partial charge in [0.25, 0.3) is 0 Å². The first-order valence-corrected chi connectivity index (χ1v) is 6.06. The SMILES string of the molecule is COc1cccc(Cl)c1CNN1CCOCC1. The number of morpholine rings is 1. The monoisotopic (exact) mass is 256 g/mol. The van der Waals surface area contributed by atoms with Gasteiger partial charge < -0.3 is 9.47 Å². The zero-order valence-corrected chi connectivity index (χ0v) is 10.7. The molecule has 1 aromatic carbocycles. The van der Waals surface area contributed by atoms with E-state index in [2.05, 4.69) is 10.4 Å². The van der Waals surface area contributed by atoms with Crippen molar-refractivity contribution in [3.63, 3.8) is 0 Å². The van der Waals surface area contributed by atoms with E-state index in [1.807, 2.05) is 18.2 Å². The molecule has 17 heavy (non-hydrogen) atoms. The van der Waals surface area contributed by atoms with Gasteiger partial charge in [-0.2, -0.15) is 0 Å². The number of hydrazine groups is 1. The first-order valence-electron chi connectivity index (χ1n) is 5.69. The first kappa shape index (κ1) is 12.6. The van der Waals surface area contributed by atoms with E-state index in [4.69, 9.17) is 21.1 Å². The number of nitrogens with one attached hydrogen (secondary N) is 1. The van der Waals surface area contributed by atoms with Crippen molar-refractivity contribution in [3.05, 3.63) is 28.8 Å². The molecule has 1 aromatic rings. The molecule has 1 N–H and O–H groups in total. The third-order valence-corrected chi connectivity index (χ3v) is 3.14. The summed E-state index contributed by atoms with van der Waals surface area (Å²) in [6, 6.07) is 5.68. The van der Waals surface area contributed by atoms with Crippen molar-refractivity contribution in [1.29, 1.82) is 0 Å². The van der Waals surface area contributed by atoms with Crippen molar-refractivity contribution in [3.8, 4) is 5.75 Å². The summed E-state index contributed by atoms with van der Waals surface area (Å²) in [5, 5.41) is 2.87. The number of hydrogen-bond donors (Lipinski definition) is 1. The van der Waals surface area contributed by atoms with Crippen molar-refractivity contribution in [2.75, 3.05) is 33.4 Å². The lowest BCUT2D eigenvalue weighted by molar-refractivity contribution is 0.0105. The predicted molar refractivity (Wildman–Crippen MR) is 67.2 cm³/mol. The third kappa shape index (κ3) is 3.33. The van der Waals surface area contributed by atoms with Gasteiger partial charge in [-0.25, -0.2) is 5.01 Å². The highest BCUT2D eigenvalue weighted by Crippen LogP contribution is 2.25. The summed E-state index contributed by atoms with van der Waals surface area (Å²) in [5.41, 5.74) is 4.33. The van der Waals surface area contributed by atoms with Crippen LogP contribution < -0.4 is 10.2 Å². The van der Waals surface area contributed by atoms with Crippen molar-refractivity contribution in [2.45, 2.75) is 6.54 Å². The summed E-state index contributed by atoms with van der Waals surface area (Å²) in [5.74, 6) is 0.818. The molecule has 1 heterocycles. The molecule has 0 aliphatic carbocycles. The number of halogens is 1. The van der Waals surface area contributed by atoms with Crippen molar-refractivity contribution < 1.29 is 9.47 Å². The van der Waals surface area contributed by atoms with Crippen LogP contribution >= 0.6 is 11.6 Å². The molecule has 1 aliphatic rings. The lowest BCUT2D eigenvalue weighted by atomic mass is 10.2. The summed E-state index contributed by atoms with van der Waals surface area (Å²) < 4.78 is 10.6. The van der Waals surface area contributed by atoms with Crippen LogP contribution in [0.15, 0.2) is 18.2 Å². The van der Waals surface area contributed by atoms with E-state index >= 15 is 0 Å². The maximum Gasteiger partial charge on any atom is 0.124 e. The predicted octanol–water partition coefficient (Wildman–Crippen LogP) is 1.69. The highest BCUT2D eigenvalue weighted by atomic mass is 35.5. The molecular formula is C12H17ClN2O2. The van der Waals surface area contributed by atoms with Crippen LogP contribution in [0.2, 0.25) is 5.02 Å². The normalized spacial score (nSPS) is 17.1. The molecule has 1 fully saturated rings. The summed E-state index contributed by atoms with van der Waals surface area (Å²) in [6.45, 7) is 4.00. The fraction of sp³-hybridized carbons (Fsp3) is 0.500. The van der Waals surface area contributed by atoms with Gasteiger partial charge in [0.15, 0.2) is 0 Å². The lowest BCUT2D eigenvalue weighted by Crippen LogP contribution is -2.45. The molecule has 1 saturated heterocycles. The molecule has 2 rings (SSSR count). The smallest absolute Gasteiger partial charge is 0.124 e. The number of nitrogens with zero attached hydrogens (tertiary/aromatic N) is 1. The number of ether oxygens (including phenoxy) is 2. The second-order valence-electron chi connectivity index (χ2n) is 3.85. The van der Waals surface area contributed by atoms with Crippen molar-refractivity contribution >= 4 is 11.6 Å². The molecule has 5 heteroatoms. The van der Waals surface area contributed by atoms with Crippen LogP contribution in [0, 0.1) is 0 Å². The van der Waals surface area contributed by atoms with Gasteiger partial charge in [0.05, 0.1) is 20.3 Å². The Hall–Kier alpha value is -0.810. The summed E-state index contributed by atoms with van der Waals surface area (Å²) in [6.07, 6.45) is 0. The van der Waals surface area contributed by atoms with Gasteiger partial charge in [-0.15, -0.1) is 0 Å². The van der Waals surface area contributed by atoms with Crippen LogP contribution in [0.1, 0.15) is 5.56 Å². The number of rotatable bonds is 4. The fourth-order valence-electron chi connectivity index (χ4n) is 1.81. The number of benzene rings is 1. The standard InChI is InChI=1S/C12H17ClN2O2/c1-16-12-4-2-3-11(13)10(12)9-14-15-5-7-17-8-6-15/h2-4,14H,5-9H2,1H3. The first-order chi connectivity index (χ1) is 8.31. The molecule has 0 atom stereocenters. The molecule has 0 bridgehead atoms. The van der Waals surface area contributed by atoms with Crippen LogP contribution in [-0.4, -0.2) is 38.4 Å². The maximum atomic E-state index is 6.16. The molecule has 0 amide bonds. The van der Waals surface area contributed by atoms with Crippen molar-refractivity contribution in [1.82, 2.24) is 10.4 Å². The molecule has 4 nitrogen and oxygen atoms in total. The molecule has 94 valence electrons. The van der Waals surface area contributed by atoms with E-state index in [-0.39, 0.29) is 0 Å². The van der Waals surface area contributed by atoms with Crippen molar-refractivity contribution in [2.24, 2.45) is 0 Å². The van der Waals surface area contributed by atoms with E-state index in [0.29, 0.717) is 6.54 Å². The van der Waals surface area contributed by atoms with Gasteiger partial charge in [0.1, 0.15) is 5.75 Å². The average molecular weight is 257 g/mol. The van der Waals surface area contributed by atoms with E-state index in [9.17, 15) is 0 Å². The van der Waals surface area contributed by atoms with E-state index in [0.717, 1.165) is 42.6 Å². The second-order valence-corrected chi connectivity index (χ2v) is 4.26. The van der Waals surface area contributed by atoms with Crippen LogP contribution in [0.5, 0.6) is 5.75 Å². The minimum absolute atomic E-state index is 0.669. The Kier molecular flexibility index (Phi) is 4.62. The van der Waals surface area contributed by atoms with Gasteiger partial charge in [-0.1, -0.05) is 17.7 Å². The second kappa shape index (κ2) is 6.21. The van der Waals surface area contributed by atoms with Crippen LogP contribution in [-0.2, 0) is 11.3 Å². The van der Waals surface area contributed by atoms with Crippen LogP contribution in [0.25, 0.3) is 0 Å². The quantitative estimate of drug-likeness (QED) is 0.889. The Bertz CT molecular complexity index is 368. The minimum atomic E-state index is 0.669. The molecule has 0 unspecified atom stereocenters. The highest BCUT2D eigenvalue weighted by molar-refractivity contribution is 6.31. The Morgan fingerprint density at radius 3 is 2.88 bits per heavy atom. The molecule has 0 spiro atoms.